The number of carbonyl (C=O) groups is 1. The van der Waals surface area contributed by atoms with E-state index in [2.05, 4.69) is 9.97 Å². The summed E-state index contributed by atoms with van der Waals surface area (Å²) in [5.41, 5.74) is 2.73. The summed E-state index contributed by atoms with van der Waals surface area (Å²) < 4.78 is 0. The van der Waals surface area contributed by atoms with Crippen molar-refractivity contribution in [1.29, 1.82) is 0 Å². The maximum Gasteiger partial charge on any atom is 0.354 e. The van der Waals surface area contributed by atoms with Crippen molar-refractivity contribution in [2.75, 3.05) is 0 Å². The molecular formula is C18H10Cl2N2O2. The normalized spacial score (nSPS) is 11.2. The molecule has 0 spiro atoms. The van der Waals surface area contributed by atoms with Gasteiger partial charge in [-0.05, 0) is 30.3 Å². The number of aromatic amines is 1. The van der Waals surface area contributed by atoms with Crippen LogP contribution in [0.5, 0.6) is 0 Å². The first-order chi connectivity index (χ1) is 11.5. The molecule has 4 nitrogen and oxygen atoms in total. The Morgan fingerprint density at radius 1 is 1.04 bits per heavy atom. The Bertz CT molecular complexity index is 1120. The lowest BCUT2D eigenvalue weighted by Gasteiger charge is -2.07. The van der Waals surface area contributed by atoms with Crippen molar-refractivity contribution < 1.29 is 9.90 Å². The molecule has 0 aliphatic heterocycles. The zero-order chi connectivity index (χ0) is 16.8. The highest BCUT2D eigenvalue weighted by Gasteiger charge is 2.18. The number of pyridine rings is 1. The fraction of sp³-hybridized carbons (Fsp3) is 0. The standard InChI is InChI=1S/C18H10Cl2N2O2/c19-9-5-6-11(13(20)7-9)16-17-12(8-15(22-16)18(23)24)10-3-1-2-4-14(10)21-17/h1-8,21H,(H,23,24). The molecule has 24 heavy (non-hydrogen) atoms. The van der Waals surface area contributed by atoms with E-state index in [1.807, 2.05) is 24.3 Å². The number of halogens is 2. The van der Waals surface area contributed by atoms with Gasteiger partial charge in [0.25, 0.3) is 0 Å². The van der Waals surface area contributed by atoms with Gasteiger partial charge in [-0.2, -0.15) is 0 Å². The van der Waals surface area contributed by atoms with Crippen molar-refractivity contribution in [3.05, 3.63) is 64.3 Å². The number of hydrogen-bond donors (Lipinski definition) is 2. The average molecular weight is 357 g/mol. The zero-order valence-electron chi connectivity index (χ0n) is 12.2. The SMILES string of the molecule is O=C(O)c1cc2c([nH]c3ccccc32)c(-c2ccc(Cl)cc2Cl)n1. The molecule has 0 bridgehead atoms. The highest BCUT2D eigenvalue weighted by molar-refractivity contribution is 6.36. The third kappa shape index (κ3) is 2.31. The first-order valence-electron chi connectivity index (χ1n) is 7.15. The lowest BCUT2D eigenvalue weighted by molar-refractivity contribution is 0.0691. The van der Waals surface area contributed by atoms with E-state index < -0.39 is 5.97 Å². The number of nitrogens with one attached hydrogen (secondary N) is 1. The Morgan fingerprint density at radius 2 is 1.83 bits per heavy atom. The van der Waals surface area contributed by atoms with E-state index in [1.165, 1.54) is 0 Å². The minimum Gasteiger partial charge on any atom is -0.477 e. The lowest BCUT2D eigenvalue weighted by atomic mass is 10.1. The van der Waals surface area contributed by atoms with Gasteiger partial charge in [-0.25, -0.2) is 9.78 Å². The largest absolute Gasteiger partial charge is 0.477 e. The van der Waals surface area contributed by atoms with Crippen LogP contribution in [-0.4, -0.2) is 21.0 Å². The molecule has 0 saturated carbocycles. The van der Waals surface area contributed by atoms with Crippen LogP contribution in [0.1, 0.15) is 10.5 Å². The molecule has 0 fully saturated rings. The predicted molar refractivity (Wildman–Crippen MR) is 96.0 cm³/mol. The Kier molecular flexibility index (Phi) is 3.44. The highest BCUT2D eigenvalue weighted by Crippen LogP contribution is 2.36. The van der Waals surface area contributed by atoms with Crippen molar-refractivity contribution in [3.8, 4) is 11.3 Å². The summed E-state index contributed by atoms with van der Waals surface area (Å²) in [4.78, 5) is 19.1. The maximum atomic E-state index is 11.5. The molecule has 0 saturated heterocycles. The Labute approximate surface area is 146 Å². The van der Waals surface area contributed by atoms with Gasteiger partial charge in [0.15, 0.2) is 0 Å². The summed E-state index contributed by atoms with van der Waals surface area (Å²) in [5, 5.41) is 12.1. The summed E-state index contributed by atoms with van der Waals surface area (Å²) in [6.07, 6.45) is 0. The van der Waals surface area contributed by atoms with Crippen molar-refractivity contribution in [2.24, 2.45) is 0 Å². The molecule has 0 unspecified atom stereocenters. The Balaban J connectivity index is 2.15. The molecule has 0 atom stereocenters. The zero-order valence-corrected chi connectivity index (χ0v) is 13.7. The number of benzene rings is 2. The molecule has 2 heterocycles. The number of aromatic carboxylic acids is 1. The van der Waals surface area contributed by atoms with Gasteiger partial charge in [0, 0.05) is 26.9 Å². The second kappa shape index (κ2) is 5.51. The summed E-state index contributed by atoms with van der Waals surface area (Å²) >= 11 is 12.3. The summed E-state index contributed by atoms with van der Waals surface area (Å²) in [6.45, 7) is 0. The average Bonchev–Trinajstić information content (AvgIpc) is 2.93. The number of hydrogen-bond acceptors (Lipinski definition) is 2. The van der Waals surface area contributed by atoms with Gasteiger partial charge in [0.05, 0.1) is 16.2 Å². The summed E-state index contributed by atoms with van der Waals surface area (Å²) in [6, 6.07) is 14.3. The van der Waals surface area contributed by atoms with Crippen LogP contribution < -0.4 is 0 Å². The number of fused-ring (bicyclic) bond motifs is 3. The molecule has 0 radical (unpaired) electrons. The van der Waals surface area contributed by atoms with E-state index in [0.29, 0.717) is 21.3 Å². The van der Waals surface area contributed by atoms with E-state index in [9.17, 15) is 9.90 Å². The van der Waals surface area contributed by atoms with Crippen LogP contribution >= 0.6 is 23.2 Å². The van der Waals surface area contributed by atoms with Crippen LogP contribution in [0.4, 0.5) is 0 Å². The molecule has 0 aliphatic rings. The second-order valence-electron chi connectivity index (χ2n) is 5.38. The van der Waals surface area contributed by atoms with Crippen molar-refractivity contribution >= 4 is 51.0 Å². The minimum atomic E-state index is -1.09. The van der Waals surface area contributed by atoms with Crippen LogP contribution in [0, 0.1) is 0 Å². The van der Waals surface area contributed by atoms with Crippen LogP contribution in [0.25, 0.3) is 33.1 Å². The van der Waals surface area contributed by atoms with E-state index >= 15 is 0 Å². The molecule has 118 valence electrons. The number of para-hydroxylation sites is 1. The van der Waals surface area contributed by atoms with Crippen LogP contribution in [0.3, 0.4) is 0 Å². The van der Waals surface area contributed by atoms with Gasteiger partial charge < -0.3 is 10.1 Å². The van der Waals surface area contributed by atoms with Gasteiger partial charge in [0.1, 0.15) is 5.69 Å². The number of nitrogens with zero attached hydrogens (tertiary/aromatic N) is 1. The topological polar surface area (TPSA) is 66.0 Å². The number of carboxylic acid groups (broad SMARTS) is 1. The van der Waals surface area contributed by atoms with Crippen molar-refractivity contribution in [2.45, 2.75) is 0 Å². The van der Waals surface area contributed by atoms with E-state index in [1.54, 1.807) is 24.3 Å². The summed E-state index contributed by atoms with van der Waals surface area (Å²) in [7, 11) is 0. The van der Waals surface area contributed by atoms with Gasteiger partial charge in [-0.15, -0.1) is 0 Å². The highest BCUT2D eigenvalue weighted by atomic mass is 35.5. The molecule has 4 rings (SSSR count). The minimum absolute atomic E-state index is 0.0340. The van der Waals surface area contributed by atoms with Gasteiger partial charge in [-0.3, -0.25) is 0 Å². The van der Waals surface area contributed by atoms with Crippen LogP contribution in [0.15, 0.2) is 48.5 Å². The third-order valence-corrected chi connectivity index (χ3v) is 4.45. The van der Waals surface area contributed by atoms with E-state index in [0.717, 1.165) is 21.8 Å². The van der Waals surface area contributed by atoms with Gasteiger partial charge >= 0.3 is 5.97 Å². The van der Waals surface area contributed by atoms with Crippen molar-refractivity contribution in [1.82, 2.24) is 9.97 Å². The van der Waals surface area contributed by atoms with Gasteiger partial charge in [0.2, 0.25) is 0 Å². The third-order valence-electron chi connectivity index (χ3n) is 3.90. The predicted octanol–water partition coefficient (Wildman–Crippen LogP) is 5.39. The fourth-order valence-electron chi connectivity index (χ4n) is 2.83. The molecule has 4 aromatic rings. The Hall–Kier alpha value is -2.56. The first kappa shape index (κ1) is 15.0. The van der Waals surface area contributed by atoms with Crippen molar-refractivity contribution in [3.63, 3.8) is 0 Å². The molecule has 2 N–H and O–H groups in total. The Morgan fingerprint density at radius 3 is 2.58 bits per heavy atom. The number of rotatable bonds is 2. The summed E-state index contributed by atoms with van der Waals surface area (Å²) in [5.74, 6) is -1.09. The van der Waals surface area contributed by atoms with Gasteiger partial charge in [-0.1, -0.05) is 41.4 Å². The lowest BCUT2D eigenvalue weighted by Crippen LogP contribution is -2.02. The van der Waals surface area contributed by atoms with Crippen LogP contribution in [0.2, 0.25) is 10.0 Å². The molecular weight excluding hydrogens is 347 g/mol. The fourth-order valence-corrected chi connectivity index (χ4v) is 3.33. The number of H-pyrrole nitrogens is 1. The second-order valence-corrected chi connectivity index (χ2v) is 6.22. The quantitative estimate of drug-likeness (QED) is 0.506. The van der Waals surface area contributed by atoms with E-state index in [4.69, 9.17) is 23.2 Å². The van der Waals surface area contributed by atoms with E-state index in [-0.39, 0.29) is 5.69 Å². The molecule has 2 aromatic heterocycles. The molecule has 0 amide bonds. The maximum absolute atomic E-state index is 11.5. The first-order valence-corrected chi connectivity index (χ1v) is 7.90. The van der Waals surface area contributed by atoms with Crippen LogP contribution in [-0.2, 0) is 0 Å². The number of carboxylic acids is 1. The molecule has 6 heteroatoms. The monoisotopic (exact) mass is 356 g/mol. The molecule has 0 aliphatic carbocycles. The smallest absolute Gasteiger partial charge is 0.354 e. The number of aromatic nitrogens is 2. The molecule has 2 aromatic carbocycles.